The number of allylic oxidation sites excluding steroid dienone is 2. The zero-order valence-electron chi connectivity index (χ0n) is 18.7. The van der Waals surface area contributed by atoms with Crippen LogP contribution in [-0.2, 0) is 22.7 Å². The van der Waals surface area contributed by atoms with Crippen LogP contribution < -0.4 is 4.90 Å². The molecule has 1 aliphatic rings. The number of carbonyl (C=O) groups is 1. The van der Waals surface area contributed by atoms with Gasteiger partial charge in [-0.25, -0.2) is 4.39 Å². The van der Waals surface area contributed by atoms with Crippen LogP contribution in [0.2, 0.25) is 0 Å². The lowest BCUT2D eigenvalue weighted by Gasteiger charge is -2.16. The quantitative estimate of drug-likeness (QED) is 0.264. The van der Waals surface area contributed by atoms with Crippen LogP contribution in [0.15, 0.2) is 72.8 Å². The fraction of sp³-hybridized carbons (Fsp3) is 0.269. The molecule has 0 saturated carbocycles. The lowest BCUT2D eigenvalue weighted by molar-refractivity contribution is -0.106. The molecule has 6 nitrogen and oxygen atoms in total. The van der Waals surface area contributed by atoms with E-state index in [4.69, 9.17) is 9.72 Å². The number of pyridine rings is 2. The van der Waals surface area contributed by atoms with Crippen molar-refractivity contribution >= 4 is 23.0 Å². The van der Waals surface area contributed by atoms with Gasteiger partial charge in [0.25, 0.3) is 0 Å². The van der Waals surface area contributed by atoms with Gasteiger partial charge in [-0.3, -0.25) is 24.6 Å². The van der Waals surface area contributed by atoms with Crippen molar-refractivity contribution in [1.29, 1.82) is 0 Å². The molecular formula is C26H27FN4O2. The van der Waals surface area contributed by atoms with Crippen LogP contribution in [0.3, 0.4) is 0 Å². The summed E-state index contributed by atoms with van der Waals surface area (Å²) in [5.41, 5.74) is 3.32. The molecule has 1 aromatic carbocycles. The highest BCUT2D eigenvalue weighted by atomic mass is 19.1. The maximum absolute atomic E-state index is 13.0. The van der Waals surface area contributed by atoms with E-state index < -0.39 is 0 Å². The van der Waals surface area contributed by atoms with E-state index in [9.17, 15) is 9.18 Å². The summed E-state index contributed by atoms with van der Waals surface area (Å²) in [6, 6.07) is 12.8. The number of benzene rings is 1. The molecule has 33 heavy (non-hydrogen) atoms. The number of aromatic nitrogens is 2. The molecule has 3 aromatic rings. The summed E-state index contributed by atoms with van der Waals surface area (Å²) in [6.45, 7) is 5.19. The third kappa shape index (κ3) is 6.02. The maximum atomic E-state index is 13.0. The van der Waals surface area contributed by atoms with Gasteiger partial charge in [0.15, 0.2) is 0 Å². The van der Waals surface area contributed by atoms with Crippen molar-refractivity contribution in [3.8, 4) is 0 Å². The normalized spacial score (nSPS) is 14.8. The SMILES string of the molecule is C/C=C(\C=C/N(C=O)c1ccc2nc(CN3CCCC3)ccc2c1)OCc1ccc(F)cn1. The van der Waals surface area contributed by atoms with Gasteiger partial charge < -0.3 is 4.74 Å². The van der Waals surface area contributed by atoms with Crippen molar-refractivity contribution in [3.63, 3.8) is 0 Å². The molecule has 4 rings (SSSR count). The van der Waals surface area contributed by atoms with E-state index in [1.807, 2.05) is 25.1 Å². The van der Waals surface area contributed by atoms with Crippen LogP contribution in [0.4, 0.5) is 10.1 Å². The molecule has 0 spiro atoms. The number of ether oxygens (including phenoxy) is 1. The Kier molecular flexibility index (Phi) is 7.42. The molecule has 1 amide bonds. The van der Waals surface area contributed by atoms with Gasteiger partial charge in [0.05, 0.1) is 23.1 Å². The molecule has 0 atom stereocenters. The summed E-state index contributed by atoms with van der Waals surface area (Å²) in [5, 5.41) is 0.975. The third-order valence-corrected chi connectivity index (χ3v) is 5.59. The first-order chi connectivity index (χ1) is 16.1. The van der Waals surface area contributed by atoms with E-state index in [2.05, 4.69) is 22.0 Å². The van der Waals surface area contributed by atoms with Crippen molar-refractivity contribution in [2.24, 2.45) is 0 Å². The van der Waals surface area contributed by atoms with Gasteiger partial charge in [-0.2, -0.15) is 0 Å². The highest BCUT2D eigenvalue weighted by Gasteiger charge is 2.13. The summed E-state index contributed by atoms with van der Waals surface area (Å²) in [4.78, 5) is 24.4. The van der Waals surface area contributed by atoms with Gasteiger partial charge in [0.2, 0.25) is 6.41 Å². The molecule has 0 unspecified atom stereocenters. The van der Waals surface area contributed by atoms with Crippen LogP contribution in [0.1, 0.15) is 31.2 Å². The lowest BCUT2D eigenvalue weighted by atomic mass is 10.1. The summed E-state index contributed by atoms with van der Waals surface area (Å²) in [7, 11) is 0. The minimum Gasteiger partial charge on any atom is -0.488 e. The highest BCUT2D eigenvalue weighted by molar-refractivity contribution is 5.87. The predicted octanol–water partition coefficient (Wildman–Crippen LogP) is 4.96. The number of halogens is 1. The molecule has 0 N–H and O–H groups in total. The van der Waals surface area contributed by atoms with Gasteiger partial charge in [-0.15, -0.1) is 0 Å². The van der Waals surface area contributed by atoms with Crippen LogP contribution in [0, 0.1) is 5.82 Å². The van der Waals surface area contributed by atoms with Gasteiger partial charge in [0, 0.05) is 23.8 Å². The number of amides is 1. The molecule has 170 valence electrons. The number of hydrogen-bond donors (Lipinski definition) is 0. The fourth-order valence-corrected chi connectivity index (χ4v) is 3.79. The Labute approximate surface area is 193 Å². The van der Waals surface area contributed by atoms with Gasteiger partial charge in [-0.1, -0.05) is 6.07 Å². The number of hydrogen-bond acceptors (Lipinski definition) is 5. The van der Waals surface area contributed by atoms with Gasteiger partial charge in [-0.05, 0) is 81.4 Å². The summed E-state index contributed by atoms with van der Waals surface area (Å²) >= 11 is 0. The van der Waals surface area contributed by atoms with Gasteiger partial charge in [0.1, 0.15) is 18.2 Å². The molecule has 1 aliphatic heterocycles. The van der Waals surface area contributed by atoms with Crippen molar-refractivity contribution in [2.75, 3.05) is 18.0 Å². The number of carbonyl (C=O) groups excluding carboxylic acids is 1. The Morgan fingerprint density at radius 2 is 1.97 bits per heavy atom. The fourth-order valence-electron chi connectivity index (χ4n) is 3.79. The first-order valence-corrected chi connectivity index (χ1v) is 11.1. The number of nitrogens with zero attached hydrogens (tertiary/aromatic N) is 4. The standard InChI is InChI=1S/C26H27FN4O2/c1-2-25(33-18-23-8-6-21(27)16-28-23)11-14-31(19-32)24-9-10-26-20(15-24)5-7-22(29-26)17-30-12-3-4-13-30/h2,5-11,14-16,19H,3-4,12-13,17-18H2,1H3/b14-11-,25-2+. The van der Waals surface area contributed by atoms with Crippen molar-refractivity contribution in [2.45, 2.75) is 32.9 Å². The molecule has 1 saturated heterocycles. The van der Waals surface area contributed by atoms with Crippen molar-refractivity contribution in [3.05, 3.63) is 90.0 Å². The Balaban J connectivity index is 1.42. The average Bonchev–Trinajstić information content (AvgIpc) is 3.35. The Morgan fingerprint density at radius 3 is 2.70 bits per heavy atom. The topological polar surface area (TPSA) is 58.6 Å². The Morgan fingerprint density at radius 1 is 1.15 bits per heavy atom. The van der Waals surface area contributed by atoms with E-state index in [-0.39, 0.29) is 12.4 Å². The van der Waals surface area contributed by atoms with E-state index in [1.165, 1.54) is 23.8 Å². The maximum Gasteiger partial charge on any atom is 0.218 e. The lowest BCUT2D eigenvalue weighted by Crippen LogP contribution is -2.19. The number of anilines is 1. The molecule has 2 aromatic heterocycles. The minimum atomic E-state index is -0.389. The van der Waals surface area contributed by atoms with Crippen LogP contribution in [0.25, 0.3) is 10.9 Å². The Hall–Kier alpha value is -3.58. The Bertz CT molecular complexity index is 1150. The largest absolute Gasteiger partial charge is 0.488 e. The summed E-state index contributed by atoms with van der Waals surface area (Å²) in [5.74, 6) is 0.182. The third-order valence-electron chi connectivity index (χ3n) is 5.59. The second-order valence-electron chi connectivity index (χ2n) is 7.94. The van der Waals surface area contributed by atoms with Crippen LogP contribution in [-0.4, -0.2) is 34.4 Å². The molecule has 0 radical (unpaired) electrons. The first-order valence-electron chi connectivity index (χ1n) is 11.1. The highest BCUT2D eigenvalue weighted by Crippen LogP contribution is 2.22. The van der Waals surface area contributed by atoms with Crippen molar-refractivity contribution < 1.29 is 13.9 Å². The molecular weight excluding hydrogens is 419 g/mol. The zero-order valence-corrected chi connectivity index (χ0v) is 18.7. The van der Waals surface area contributed by atoms with Crippen LogP contribution in [0.5, 0.6) is 0 Å². The summed E-state index contributed by atoms with van der Waals surface area (Å²) < 4.78 is 18.7. The van der Waals surface area contributed by atoms with E-state index in [0.717, 1.165) is 54.5 Å². The van der Waals surface area contributed by atoms with Crippen LogP contribution >= 0.6 is 0 Å². The molecule has 3 heterocycles. The molecule has 0 aliphatic carbocycles. The van der Waals surface area contributed by atoms with E-state index in [1.54, 1.807) is 24.4 Å². The smallest absolute Gasteiger partial charge is 0.218 e. The first kappa shape index (κ1) is 22.6. The molecule has 0 bridgehead atoms. The number of fused-ring (bicyclic) bond motifs is 1. The zero-order chi connectivity index (χ0) is 23.0. The summed E-state index contributed by atoms with van der Waals surface area (Å²) in [6.07, 6.45) is 9.57. The number of likely N-dealkylation sites (tertiary alicyclic amines) is 1. The predicted molar refractivity (Wildman–Crippen MR) is 127 cm³/mol. The molecule has 7 heteroatoms. The second kappa shape index (κ2) is 10.8. The average molecular weight is 447 g/mol. The monoisotopic (exact) mass is 446 g/mol. The number of rotatable bonds is 9. The van der Waals surface area contributed by atoms with E-state index in [0.29, 0.717) is 11.5 Å². The van der Waals surface area contributed by atoms with Gasteiger partial charge >= 0.3 is 0 Å². The molecule has 1 fully saturated rings. The van der Waals surface area contributed by atoms with E-state index >= 15 is 0 Å². The second-order valence-corrected chi connectivity index (χ2v) is 7.94. The van der Waals surface area contributed by atoms with Crippen molar-refractivity contribution in [1.82, 2.24) is 14.9 Å². The minimum absolute atomic E-state index is 0.201.